The Morgan fingerprint density at radius 3 is 2.57 bits per heavy atom. The summed E-state index contributed by atoms with van der Waals surface area (Å²) in [6, 6.07) is 10.5. The van der Waals surface area contributed by atoms with Crippen molar-refractivity contribution in [2.45, 2.75) is 13.5 Å². The van der Waals surface area contributed by atoms with E-state index in [2.05, 4.69) is 49.2 Å². The molecule has 1 aromatic heterocycles. The van der Waals surface area contributed by atoms with Crippen LogP contribution in [0.2, 0.25) is 0 Å². The van der Waals surface area contributed by atoms with Gasteiger partial charge in [0.2, 0.25) is 0 Å². The molecule has 0 spiro atoms. The van der Waals surface area contributed by atoms with Crippen molar-refractivity contribution in [1.29, 1.82) is 0 Å². The van der Waals surface area contributed by atoms with E-state index in [9.17, 15) is 4.79 Å². The number of hydrogen-bond acceptors (Lipinski definition) is 5. The predicted octanol–water partition coefficient (Wildman–Crippen LogP) is 0.796. The van der Waals surface area contributed by atoms with Gasteiger partial charge in [-0.2, -0.15) is 10.1 Å². The minimum absolute atomic E-state index is 0.387. The lowest BCUT2D eigenvalue weighted by Gasteiger charge is -2.35. The highest BCUT2D eigenvalue weighted by molar-refractivity contribution is 5.42. The zero-order chi connectivity index (χ0) is 14.7. The van der Waals surface area contributed by atoms with Gasteiger partial charge in [0.1, 0.15) is 5.69 Å². The summed E-state index contributed by atoms with van der Waals surface area (Å²) >= 11 is 0. The number of piperazine rings is 1. The molecule has 1 aromatic carbocycles. The van der Waals surface area contributed by atoms with Crippen LogP contribution < -0.4 is 10.6 Å². The van der Waals surface area contributed by atoms with Gasteiger partial charge in [0.15, 0.2) is 5.82 Å². The van der Waals surface area contributed by atoms with Gasteiger partial charge in [-0.05, 0) is 12.5 Å². The average molecular weight is 285 g/mol. The number of nitrogens with zero attached hydrogens (tertiary/aromatic N) is 4. The predicted molar refractivity (Wildman–Crippen MR) is 81.3 cm³/mol. The summed E-state index contributed by atoms with van der Waals surface area (Å²) in [6.45, 7) is 6.49. The van der Waals surface area contributed by atoms with Crippen LogP contribution in [0.1, 0.15) is 11.3 Å². The Morgan fingerprint density at radius 1 is 1.14 bits per heavy atom. The van der Waals surface area contributed by atoms with E-state index >= 15 is 0 Å². The van der Waals surface area contributed by atoms with E-state index in [0.717, 1.165) is 38.4 Å². The highest BCUT2D eigenvalue weighted by Crippen LogP contribution is 2.15. The van der Waals surface area contributed by atoms with E-state index in [1.165, 1.54) is 5.56 Å². The van der Waals surface area contributed by atoms with Crippen molar-refractivity contribution < 1.29 is 0 Å². The first-order chi connectivity index (χ1) is 10.2. The molecule has 0 unspecified atom stereocenters. The third-order valence-corrected chi connectivity index (χ3v) is 3.77. The molecular weight excluding hydrogens is 266 g/mol. The first kappa shape index (κ1) is 13.8. The van der Waals surface area contributed by atoms with E-state index in [0.29, 0.717) is 5.82 Å². The Hall–Kier alpha value is -2.21. The molecule has 0 bridgehead atoms. The molecule has 6 nitrogen and oxygen atoms in total. The lowest BCUT2D eigenvalue weighted by molar-refractivity contribution is 0.249. The normalized spacial score (nSPS) is 16.1. The van der Waals surface area contributed by atoms with Crippen molar-refractivity contribution >= 4 is 5.82 Å². The number of aromatic amines is 1. The Bertz CT molecular complexity index is 647. The quantitative estimate of drug-likeness (QED) is 0.903. The molecule has 1 N–H and O–H groups in total. The number of nitrogens with one attached hydrogen (secondary N) is 1. The van der Waals surface area contributed by atoms with Gasteiger partial charge in [-0.25, -0.2) is 9.89 Å². The van der Waals surface area contributed by atoms with E-state index in [1.807, 2.05) is 13.0 Å². The number of anilines is 1. The van der Waals surface area contributed by atoms with Crippen LogP contribution in [0.4, 0.5) is 5.82 Å². The van der Waals surface area contributed by atoms with E-state index in [4.69, 9.17) is 0 Å². The van der Waals surface area contributed by atoms with Crippen LogP contribution >= 0.6 is 0 Å². The lowest BCUT2D eigenvalue weighted by Crippen LogP contribution is -2.47. The topological polar surface area (TPSA) is 65.1 Å². The maximum Gasteiger partial charge on any atom is 0.363 e. The largest absolute Gasteiger partial charge is 0.363 e. The summed E-state index contributed by atoms with van der Waals surface area (Å²) < 4.78 is 0. The minimum Gasteiger partial charge on any atom is -0.352 e. The number of benzene rings is 1. The number of aryl methyl sites for hydroxylation is 1. The zero-order valence-electron chi connectivity index (χ0n) is 12.1. The van der Waals surface area contributed by atoms with Gasteiger partial charge in [-0.1, -0.05) is 30.3 Å². The molecule has 0 saturated carbocycles. The van der Waals surface area contributed by atoms with Crippen molar-refractivity contribution in [3.05, 3.63) is 52.1 Å². The standard InChI is InChI=1S/C15H19N5O/c1-12-14(16-15(21)18-17-12)20-9-7-19(8-10-20)11-13-5-3-2-4-6-13/h2-6H,7-11H2,1H3,(H,16,18,21). The number of rotatable bonds is 3. The van der Waals surface area contributed by atoms with Crippen molar-refractivity contribution in [1.82, 2.24) is 20.1 Å². The molecule has 21 heavy (non-hydrogen) atoms. The molecule has 2 heterocycles. The fraction of sp³-hybridized carbons (Fsp3) is 0.400. The summed E-state index contributed by atoms with van der Waals surface area (Å²) in [4.78, 5) is 19.9. The van der Waals surface area contributed by atoms with E-state index in [1.54, 1.807) is 0 Å². The minimum atomic E-state index is -0.387. The zero-order valence-corrected chi connectivity index (χ0v) is 12.1. The van der Waals surface area contributed by atoms with Gasteiger partial charge in [0.25, 0.3) is 0 Å². The van der Waals surface area contributed by atoms with Gasteiger partial charge < -0.3 is 4.90 Å². The summed E-state index contributed by atoms with van der Waals surface area (Å²) in [5.41, 5.74) is 1.71. The van der Waals surface area contributed by atoms with Crippen molar-refractivity contribution in [3.8, 4) is 0 Å². The first-order valence-corrected chi connectivity index (χ1v) is 7.17. The number of aromatic nitrogens is 3. The van der Waals surface area contributed by atoms with Crippen molar-refractivity contribution in [3.63, 3.8) is 0 Å². The Balaban J connectivity index is 1.62. The van der Waals surface area contributed by atoms with Crippen molar-refractivity contribution in [2.24, 2.45) is 0 Å². The molecule has 0 radical (unpaired) electrons. The summed E-state index contributed by atoms with van der Waals surface area (Å²) in [5, 5.41) is 6.35. The molecule has 1 aliphatic rings. The van der Waals surface area contributed by atoms with Crippen LogP contribution in [0.25, 0.3) is 0 Å². The lowest BCUT2D eigenvalue weighted by atomic mass is 10.2. The van der Waals surface area contributed by atoms with Gasteiger partial charge in [-0.3, -0.25) is 4.90 Å². The molecule has 1 fully saturated rings. The van der Waals surface area contributed by atoms with Gasteiger partial charge in [-0.15, -0.1) is 0 Å². The SMILES string of the molecule is Cc1n[nH]c(=O)nc1N1CCN(Cc2ccccc2)CC1. The second kappa shape index (κ2) is 6.05. The Kier molecular flexibility index (Phi) is 3.96. The highest BCUT2D eigenvalue weighted by atomic mass is 16.1. The number of H-pyrrole nitrogens is 1. The van der Waals surface area contributed by atoms with Gasteiger partial charge >= 0.3 is 5.69 Å². The molecule has 1 saturated heterocycles. The monoisotopic (exact) mass is 285 g/mol. The van der Waals surface area contributed by atoms with Crippen LogP contribution in [-0.4, -0.2) is 46.3 Å². The third-order valence-electron chi connectivity index (χ3n) is 3.77. The number of hydrogen-bond donors (Lipinski definition) is 1. The average Bonchev–Trinajstić information content (AvgIpc) is 2.52. The molecule has 0 aliphatic carbocycles. The summed E-state index contributed by atoms with van der Waals surface area (Å²) in [5.74, 6) is 0.707. The summed E-state index contributed by atoms with van der Waals surface area (Å²) in [7, 11) is 0. The Morgan fingerprint density at radius 2 is 1.86 bits per heavy atom. The van der Waals surface area contributed by atoms with Crippen LogP contribution in [0.15, 0.2) is 35.1 Å². The third kappa shape index (κ3) is 3.28. The summed E-state index contributed by atoms with van der Waals surface area (Å²) in [6.07, 6.45) is 0. The molecule has 6 heteroatoms. The smallest absolute Gasteiger partial charge is 0.352 e. The Labute approximate surface area is 123 Å². The molecule has 2 aromatic rings. The van der Waals surface area contributed by atoms with Gasteiger partial charge in [0.05, 0.1) is 0 Å². The van der Waals surface area contributed by atoms with Crippen LogP contribution in [-0.2, 0) is 6.54 Å². The molecular formula is C15H19N5O. The van der Waals surface area contributed by atoms with Crippen molar-refractivity contribution in [2.75, 3.05) is 31.1 Å². The van der Waals surface area contributed by atoms with E-state index < -0.39 is 0 Å². The van der Waals surface area contributed by atoms with Crippen LogP contribution in [0.3, 0.4) is 0 Å². The molecule has 0 atom stereocenters. The highest BCUT2D eigenvalue weighted by Gasteiger charge is 2.20. The first-order valence-electron chi connectivity index (χ1n) is 7.17. The molecule has 110 valence electrons. The molecule has 0 amide bonds. The van der Waals surface area contributed by atoms with Crippen LogP contribution in [0.5, 0.6) is 0 Å². The van der Waals surface area contributed by atoms with Gasteiger partial charge in [0, 0.05) is 32.7 Å². The maximum atomic E-state index is 11.3. The molecule has 1 aliphatic heterocycles. The second-order valence-electron chi connectivity index (χ2n) is 5.30. The van der Waals surface area contributed by atoms with Crippen LogP contribution in [0, 0.1) is 6.92 Å². The maximum absolute atomic E-state index is 11.3. The fourth-order valence-corrected chi connectivity index (χ4v) is 2.64. The fourth-order valence-electron chi connectivity index (χ4n) is 2.64. The second-order valence-corrected chi connectivity index (χ2v) is 5.30. The van der Waals surface area contributed by atoms with E-state index in [-0.39, 0.29) is 5.69 Å². The molecule has 3 rings (SSSR count).